The van der Waals surface area contributed by atoms with E-state index in [1.165, 1.54) is 6.07 Å². The van der Waals surface area contributed by atoms with Crippen molar-refractivity contribution in [3.63, 3.8) is 0 Å². The highest BCUT2D eigenvalue weighted by Crippen LogP contribution is 2.25. The highest BCUT2D eigenvalue weighted by atomic mass is 79.9. The van der Waals surface area contributed by atoms with Crippen LogP contribution in [0, 0.1) is 5.82 Å². The molecule has 21 heavy (non-hydrogen) atoms. The van der Waals surface area contributed by atoms with Gasteiger partial charge in [-0.3, -0.25) is 4.90 Å². The van der Waals surface area contributed by atoms with Crippen LogP contribution in [0.2, 0.25) is 5.02 Å². The molecular formula is C16H17BrClFN2. The standard InChI is InChI=1S/C16H17BrClFN2/c1-21(10-11-3-2-4-13(18)7-11)16(9-20)12-5-6-15(19)14(17)8-12/h2-8,16H,9-10,20H2,1H3. The zero-order valence-corrected chi connectivity index (χ0v) is 14.0. The zero-order chi connectivity index (χ0) is 15.4. The van der Waals surface area contributed by atoms with Gasteiger partial charge in [0.25, 0.3) is 0 Å². The Balaban J connectivity index is 2.18. The van der Waals surface area contributed by atoms with Gasteiger partial charge in [-0.25, -0.2) is 4.39 Å². The average Bonchev–Trinajstić information content (AvgIpc) is 2.43. The van der Waals surface area contributed by atoms with Crippen molar-refractivity contribution in [1.82, 2.24) is 4.90 Å². The summed E-state index contributed by atoms with van der Waals surface area (Å²) in [6.07, 6.45) is 0. The minimum absolute atomic E-state index is 0.0147. The second-order valence-corrected chi connectivity index (χ2v) is 6.26. The van der Waals surface area contributed by atoms with Crippen molar-refractivity contribution in [3.05, 3.63) is 68.9 Å². The fourth-order valence-corrected chi connectivity index (χ4v) is 2.93. The molecule has 2 aromatic rings. The van der Waals surface area contributed by atoms with Crippen LogP contribution in [0.4, 0.5) is 4.39 Å². The molecule has 0 saturated heterocycles. The molecule has 0 spiro atoms. The number of halogens is 3. The van der Waals surface area contributed by atoms with Crippen LogP contribution in [0.15, 0.2) is 46.9 Å². The van der Waals surface area contributed by atoms with Crippen LogP contribution in [0.1, 0.15) is 17.2 Å². The summed E-state index contributed by atoms with van der Waals surface area (Å²) in [6, 6.07) is 12.8. The van der Waals surface area contributed by atoms with E-state index in [-0.39, 0.29) is 11.9 Å². The van der Waals surface area contributed by atoms with E-state index in [2.05, 4.69) is 20.8 Å². The molecule has 2 rings (SSSR count). The van der Waals surface area contributed by atoms with Gasteiger partial charge in [-0.05, 0) is 58.4 Å². The van der Waals surface area contributed by atoms with Crippen molar-refractivity contribution in [2.75, 3.05) is 13.6 Å². The fourth-order valence-electron chi connectivity index (χ4n) is 2.32. The predicted octanol–water partition coefficient (Wildman–Crippen LogP) is 4.37. The summed E-state index contributed by atoms with van der Waals surface area (Å²) in [5, 5.41) is 0.717. The van der Waals surface area contributed by atoms with Gasteiger partial charge in [-0.15, -0.1) is 0 Å². The van der Waals surface area contributed by atoms with Gasteiger partial charge in [0.15, 0.2) is 0 Å². The highest BCUT2D eigenvalue weighted by Gasteiger charge is 2.17. The number of nitrogens with two attached hydrogens (primary N) is 1. The fraction of sp³-hybridized carbons (Fsp3) is 0.250. The number of hydrogen-bond acceptors (Lipinski definition) is 2. The molecule has 0 aromatic heterocycles. The van der Waals surface area contributed by atoms with E-state index < -0.39 is 0 Å². The first kappa shape index (κ1) is 16.4. The summed E-state index contributed by atoms with van der Waals surface area (Å²) in [5.41, 5.74) is 8.00. The van der Waals surface area contributed by atoms with Crippen LogP contribution in [0.3, 0.4) is 0 Å². The molecular weight excluding hydrogens is 355 g/mol. The van der Waals surface area contributed by atoms with Crippen LogP contribution in [0.5, 0.6) is 0 Å². The smallest absolute Gasteiger partial charge is 0.137 e. The average molecular weight is 372 g/mol. The second-order valence-electron chi connectivity index (χ2n) is 4.97. The Kier molecular flexibility index (Phi) is 5.76. The molecule has 2 nitrogen and oxygen atoms in total. The third kappa shape index (κ3) is 4.27. The lowest BCUT2D eigenvalue weighted by Crippen LogP contribution is -2.30. The SMILES string of the molecule is CN(Cc1cccc(Cl)c1)C(CN)c1ccc(F)c(Br)c1. The maximum Gasteiger partial charge on any atom is 0.137 e. The second kappa shape index (κ2) is 7.36. The summed E-state index contributed by atoms with van der Waals surface area (Å²) in [5.74, 6) is -0.271. The van der Waals surface area contributed by atoms with Gasteiger partial charge in [0.2, 0.25) is 0 Å². The van der Waals surface area contributed by atoms with E-state index in [9.17, 15) is 4.39 Å². The summed E-state index contributed by atoms with van der Waals surface area (Å²) in [4.78, 5) is 2.13. The molecule has 0 aliphatic heterocycles. The van der Waals surface area contributed by atoms with E-state index >= 15 is 0 Å². The Bertz CT molecular complexity index is 621. The lowest BCUT2D eigenvalue weighted by atomic mass is 10.0. The van der Waals surface area contributed by atoms with Crippen molar-refractivity contribution < 1.29 is 4.39 Å². The molecule has 0 fully saturated rings. The largest absolute Gasteiger partial charge is 0.329 e. The van der Waals surface area contributed by atoms with Crippen LogP contribution < -0.4 is 5.73 Å². The van der Waals surface area contributed by atoms with Crippen LogP contribution in [-0.2, 0) is 6.54 Å². The first-order valence-electron chi connectivity index (χ1n) is 6.61. The Morgan fingerprint density at radius 3 is 2.67 bits per heavy atom. The maximum atomic E-state index is 13.4. The molecule has 0 radical (unpaired) electrons. The van der Waals surface area contributed by atoms with Gasteiger partial charge in [0.1, 0.15) is 5.82 Å². The normalized spacial score (nSPS) is 12.7. The molecule has 0 bridgehead atoms. The van der Waals surface area contributed by atoms with E-state index in [4.69, 9.17) is 17.3 Å². The minimum atomic E-state index is -0.271. The van der Waals surface area contributed by atoms with Crippen molar-refractivity contribution >= 4 is 27.5 Å². The minimum Gasteiger partial charge on any atom is -0.329 e. The first-order chi connectivity index (χ1) is 10.0. The Labute approximate surface area is 137 Å². The summed E-state index contributed by atoms with van der Waals surface area (Å²) >= 11 is 9.22. The molecule has 0 amide bonds. The summed E-state index contributed by atoms with van der Waals surface area (Å²) in [6.45, 7) is 1.17. The molecule has 0 aliphatic carbocycles. The van der Waals surface area contributed by atoms with E-state index in [1.807, 2.05) is 31.3 Å². The number of rotatable bonds is 5. The number of nitrogens with zero attached hydrogens (tertiary/aromatic N) is 1. The van der Waals surface area contributed by atoms with E-state index in [1.54, 1.807) is 12.1 Å². The van der Waals surface area contributed by atoms with Crippen LogP contribution in [0.25, 0.3) is 0 Å². The van der Waals surface area contributed by atoms with E-state index in [0.29, 0.717) is 11.0 Å². The number of hydrogen-bond donors (Lipinski definition) is 1. The third-order valence-corrected chi connectivity index (χ3v) is 4.25. The molecule has 1 unspecified atom stereocenters. The molecule has 0 heterocycles. The number of benzene rings is 2. The Hall–Kier alpha value is -0.940. The van der Waals surface area contributed by atoms with Crippen LogP contribution in [-0.4, -0.2) is 18.5 Å². The Morgan fingerprint density at radius 1 is 1.29 bits per heavy atom. The molecule has 1 atom stereocenters. The lowest BCUT2D eigenvalue weighted by Gasteiger charge is -2.27. The quantitative estimate of drug-likeness (QED) is 0.845. The third-order valence-electron chi connectivity index (χ3n) is 3.40. The molecule has 0 aliphatic rings. The highest BCUT2D eigenvalue weighted by molar-refractivity contribution is 9.10. The van der Waals surface area contributed by atoms with Crippen molar-refractivity contribution in [2.24, 2.45) is 5.73 Å². The van der Waals surface area contributed by atoms with Gasteiger partial charge in [0, 0.05) is 24.2 Å². The molecule has 0 saturated carbocycles. The Morgan fingerprint density at radius 2 is 2.05 bits per heavy atom. The van der Waals surface area contributed by atoms with E-state index in [0.717, 1.165) is 22.7 Å². The van der Waals surface area contributed by atoms with Crippen molar-refractivity contribution in [1.29, 1.82) is 0 Å². The van der Waals surface area contributed by atoms with Gasteiger partial charge in [-0.1, -0.05) is 29.8 Å². The van der Waals surface area contributed by atoms with Crippen molar-refractivity contribution in [2.45, 2.75) is 12.6 Å². The monoisotopic (exact) mass is 370 g/mol. The van der Waals surface area contributed by atoms with Gasteiger partial charge in [0.05, 0.1) is 4.47 Å². The van der Waals surface area contributed by atoms with Gasteiger partial charge < -0.3 is 5.73 Å². The first-order valence-corrected chi connectivity index (χ1v) is 7.78. The predicted molar refractivity (Wildman–Crippen MR) is 88.8 cm³/mol. The summed E-state index contributed by atoms with van der Waals surface area (Å²) < 4.78 is 13.8. The lowest BCUT2D eigenvalue weighted by molar-refractivity contribution is 0.241. The van der Waals surface area contributed by atoms with Gasteiger partial charge >= 0.3 is 0 Å². The topological polar surface area (TPSA) is 29.3 Å². The van der Waals surface area contributed by atoms with Crippen molar-refractivity contribution in [3.8, 4) is 0 Å². The van der Waals surface area contributed by atoms with Gasteiger partial charge in [-0.2, -0.15) is 0 Å². The molecule has 2 N–H and O–H groups in total. The molecule has 2 aromatic carbocycles. The molecule has 5 heteroatoms. The molecule has 112 valence electrons. The maximum absolute atomic E-state index is 13.4. The number of likely N-dealkylation sites (N-methyl/N-ethyl adjacent to an activating group) is 1. The zero-order valence-electron chi connectivity index (χ0n) is 11.7. The van der Waals surface area contributed by atoms with Crippen LogP contribution >= 0.6 is 27.5 Å². The summed E-state index contributed by atoms with van der Waals surface area (Å²) in [7, 11) is 2.00.